The average Bonchev–Trinajstić information content (AvgIpc) is 3.68. The van der Waals surface area contributed by atoms with Gasteiger partial charge in [0.25, 0.3) is 5.91 Å². The number of pyridine rings is 1. The molecule has 0 saturated heterocycles. The first-order valence-electron chi connectivity index (χ1n) is 17.8. The van der Waals surface area contributed by atoms with Gasteiger partial charge in [-0.2, -0.15) is 5.10 Å². The van der Waals surface area contributed by atoms with Gasteiger partial charge in [-0.1, -0.05) is 49.4 Å². The number of nitrogens with zero attached hydrogens (tertiary/aromatic N) is 5. The van der Waals surface area contributed by atoms with Crippen molar-refractivity contribution in [3.8, 4) is 11.1 Å². The van der Waals surface area contributed by atoms with Crippen molar-refractivity contribution in [2.45, 2.75) is 71.6 Å². The van der Waals surface area contributed by atoms with Crippen molar-refractivity contribution in [2.75, 3.05) is 35.4 Å². The molecule has 14 heteroatoms. The van der Waals surface area contributed by atoms with Gasteiger partial charge in [-0.3, -0.25) is 14.8 Å². The number of fused-ring (bicyclic) bond motifs is 2. The molecule has 0 radical (unpaired) electrons. The zero-order chi connectivity index (χ0) is 37.5. The van der Waals surface area contributed by atoms with E-state index in [0.717, 1.165) is 52.7 Å². The van der Waals surface area contributed by atoms with Crippen LogP contribution in [0.2, 0.25) is 0 Å². The lowest BCUT2D eigenvalue weighted by molar-refractivity contribution is -0.105. The molecule has 1 atom stereocenters. The summed E-state index contributed by atoms with van der Waals surface area (Å²) in [7, 11) is -3.19. The van der Waals surface area contributed by atoms with E-state index >= 15 is 0 Å². The maximum atomic E-state index is 13.6. The minimum absolute atomic E-state index is 0.0133. The maximum absolute atomic E-state index is 13.6. The highest BCUT2D eigenvalue weighted by atomic mass is 32.2. The minimum Gasteiger partial charge on any atom is -0.476 e. The Labute approximate surface area is 313 Å². The van der Waals surface area contributed by atoms with Crippen LogP contribution < -0.4 is 10.2 Å². The summed E-state index contributed by atoms with van der Waals surface area (Å²) in [5.74, 6) is -0.952. The number of para-hydroxylation sites is 1. The summed E-state index contributed by atoms with van der Waals surface area (Å²) in [6.07, 6.45) is 7.07. The highest BCUT2D eigenvalue weighted by Gasteiger charge is 2.42. The third-order valence-corrected chi connectivity index (χ3v) is 12.3. The number of aromatic nitrogens is 4. The molecule has 278 valence electrons. The molecule has 1 fully saturated rings. The van der Waals surface area contributed by atoms with Crippen LogP contribution in [0.25, 0.3) is 21.3 Å². The molecule has 1 aliphatic heterocycles. The summed E-state index contributed by atoms with van der Waals surface area (Å²) in [6.45, 7) is 7.83. The van der Waals surface area contributed by atoms with E-state index in [1.807, 2.05) is 59.0 Å². The number of thiazole rings is 1. The Morgan fingerprint density at radius 1 is 1.04 bits per heavy atom. The number of nitrogens with one attached hydrogen (secondary N) is 1. The van der Waals surface area contributed by atoms with Crippen LogP contribution in [0.3, 0.4) is 0 Å². The number of ether oxygens (including phenoxy) is 1. The number of hydrogen-bond acceptors (Lipinski definition) is 10. The molecular weight excluding hydrogens is 713 g/mol. The fraction of sp³-hybridized carbons (Fsp3) is 0.410. The number of anilines is 2. The monoisotopic (exact) mass is 756 g/mol. The smallest absolute Gasteiger partial charge is 0.355 e. The summed E-state index contributed by atoms with van der Waals surface area (Å²) in [5, 5.41) is 18.6. The second-order valence-corrected chi connectivity index (χ2v) is 18.4. The van der Waals surface area contributed by atoms with Crippen molar-refractivity contribution >= 4 is 54.2 Å². The van der Waals surface area contributed by atoms with Gasteiger partial charge in [-0.25, -0.2) is 23.2 Å². The lowest BCUT2D eigenvalue weighted by atomic mass is 9.69. The molecule has 2 N–H and O–H groups in total. The van der Waals surface area contributed by atoms with Crippen molar-refractivity contribution in [2.24, 2.45) is 5.41 Å². The molecule has 4 heterocycles. The number of benzene rings is 2. The Morgan fingerprint density at radius 3 is 2.60 bits per heavy atom. The summed E-state index contributed by atoms with van der Waals surface area (Å²) < 4.78 is 33.0. The summed E-state index contributed by atoms with van der Waals surface area (Å²) in [6, 6.07) is 17.1. The Kier molecular flexibility index (Phi) is 9.89. The van der Waals surface area contributed by atoms with Crippen molar-refractivity contribution in [1.82, 2.24) is 19.7 Å². The second-order valence-electron chi connectivity index (χ2n) is 15.1. The standard InChI is InChI=1S/C39H44N6O6S2/c1-25-29(21-40-45(25)24-39(51-19-20-53(4,49)50)17-8-16-38(2,3)23-39)27-13-14-33(42-34(27)36(47)48)44-18-15-26-9-7-10-28(30(26)22-44)35(46)43-37-41-31-11-5-6-12-32(31)52-37/h5-7,9-14,21H,8,15-20,22-24H2,1-4H3,(H,47,48)(H,41,43,46). The van der Waals surface area contributed by atoms with E-state index in [1.165, 1.54) is 17.6 Å². The van der Waals surface area contributed by atoms with Crippen LogP contribution in [0.5, 0.6) is 0 Å². The predicted molar refractivity (Wildman–Crippen MR) is 207 cm³/mol. The molecule has 1 unspecified atom stereocenters. The largest absolute Gasteiger partial charge is 0.476 e. The first-order chi connectivity index (χ1) is 25.2. The van der Waals surface area contributed by atoms with Crippen LogP contribution in [-0.2, 0) is 34.1 Å². The topological polar surface area (TPSA) is 157 Å². The molecule has 1 saturated carbocycles. The summed E-state index contributed by atoms with van der Waals surface area (Å²) in [5.41, 5.74) is 4.51. The second kappa shape index (κ2) is 14.3. The number of carbonyl (C=O) groups excluding carboxylic acids is 1. The Morgan fingerprint density at radius 2 is 1.85 bits per heavy atom. The molecule has 1 amide bonds. The molecule has 2 aromatic carbocycles. The highest BCUT2D eigenvalue weighted by Crippen LogP contribution is 2.44. The molecule has 0 spiro atoms. The fourth-order valence-corrected chi connectivity index (χ4v) is 9.13. The van der Waals surface area contributed by atoms with Crippen LogP contribution >= 0.6 is 11.3 Å². The van der Waals surface area contributed by atoms with Crippen LogP contribution in [0.15, 0.2) is 60.8 Å². The number of aromatic carboxylic acids is 1. The maximum Gasteiger partial charge on any atom is 0.355 e. The Bertz CT molecular complexity index is 2280. The van der Waals surface area contributed by atoms with Crippen LogP contribution in [0.1, 0.15) is 77.2 Å². The van der Waals surface area contributed by atoms with Gasteiger partial charge in [-0.05, 0) is 85.9 Å². The van der Waals surface area contributed by atoms with E-state index in [2.05, 4.69) is 34.2 Å². The van der Waals surface area contributed by atoms with Crippen LogP contribution in [0.4, 0.5) is 10.9 Å². The predicted octanol–water partition coefficient (Wildman–Crippen LogP) is 6.78. The Hall–Kier alpha value is -4.66. The number of sulfone groups is 1. The van der Waals surface area contributed by atoms with Gasteiger partial charge in [0.15, 0.2) is 10.8 Å². The quantitative estimate of drug-likeness (QED) is 0.147. The lowest BCUT2D eigenvalue weighted by Crippen LogP contribution is -2.46. The number of carboxylic acids is 1. The third-order valence-electron chi connectivity index (χ3n) is 10.4. The normalized spacial score (nSPS) is 18.5. The van der Waals surface area contributed by atoms with E-state index in [4.69, 9.17) is 4.74 Å². The number of amides is 1. The summed E-state index contributed by atoms with van der Waals surface area (Å²) >= 11 is 1.42. The molecule has 3 aromatic heterocycles. The van der Waals surface area contributed by atoms with E-state index in [0.29, 0.717) is 53.7 Å². The number of hydrogen-bond donors (Lipinski definition) is 2. The van der Waals surface area contributed by atoms with Crippen molar-refractivity contribution in [3.05, 3.63) is 88.9 Å². The zero-order valence-electron chi connectivity index (χ0n) is 30.4. The van der Waals surface area contributed by atoms with Crippen molar-refractivity contribution in [1.29, 1.82) is 0 Å². The van der Waals surface area contributed by atoms with E-state index in [1.54, 1.807) is 18.3 Å². The first-order valence-corrected chi connectivity index (χ1v) is 20.7. The van der Waals surface area contributed by atoms with Crippen LogP contribution in [-0.4, -0.2) is 75.9 Å². The zero-order valence-corrected chi connectivity index (χ0v) is 32.0. The molecule has 1 aliphatic carbocycles. The van der Waals surface area contributed by atoms with Gasteiger partial charge in [0.1, 0.15) is 15.7 Å². The number of carbonyl (C=O) groups is 2. The van der Waals surface area contributed by atoms with Gasteiger partial charge >= 0.3 is 5.97 Å². The van der Waals surface area contributed by atoms with Gasteiger partial charge in [-0.15, -0.1) is 0 Å². The first kappa shape index (κ1) is 36.7. The van der Waals surface area contributed by atoms with Gasteiger partial charge in [0.05, 0.1) is 40.9 Å². The number of carboxylic acid groups (broad SMARTS) is 1. The molecule has 7 rings (SSSR count). The molecular formula is C39H44N6O6S2. The van der Waals surface area contributed by atoms with Crippen LogP contribution in [0, 0.1) is 12.3 Å². The molecule has 5 aromatic rings. The van der Waals surface area contributed by atoms with E-state index in [9.17, 15) is 23.1 Å². The molecule has 12 nitrogen and oxygen atoms in total. The fourth-order valence-electron chi connectivity index (χ4n) is 7.88. The lowest BCUT2D eigenvalue weighted by Gasteiger charge is -2.45. The van der Waals surface area contributed by atoms with E-state index in [-0.39, 0.29) is 29.4 Å². The molecule has 0 bridgehead atoms. The molecule has 2 aliphatic rings. The van der Waals surface area contributed by atoms with Crippen molar-refractivity contribution in [3.63, 3.8) is 0 Å². The highest BCUT2D eigenvalue weighted by molar-refractivity contribution is 7.90. The minimum atomic E-state index is -3.19. The van der Waals surface area contributed by atoms with Gasteiger partial charge in [0, 0.05) is 41.7 Å². The number of rotatable bonds is 11. The van der Waals surface area contributed by atoms with Gasteiger partial charge in [0.2, 0.25) is 0 Å². The van der Waals surface area contributed by atoms with Crippen molar-refractivity contribution < 1.29 is 27.9 Å². The van der Waals surface area contributed by atoms with Gasteiger partial charge < -0.3 is 14.7 Å². The average molecular weight is 757 g/mol. The Balaban J connectivity index is 1.13. The third kappa shape index (κ3) is 7.99. The SMILES string of the molecule is Cc1c(-c2ccc(N3CCc4cccc(C(=O)Nc5nc6ccccc6s5)c4C3)nc2C(=O)O)cnn1CC1(OCCS(C)(=O)=O)CCCC(C)(C)C1. The van der Waals surface area contributed by atoms with E-state index < -0.39 is 21.4 Å². The summed E-state index contributed by atoms with van der Waals surface area (Å²) in [4.78, 5) is 37.5. The molecule has 53 heavy (non-hydrogen) atoms.